The van der Waals surface area contributed by atoms with Gasteiger partial charge in [-0.2, -0.15) is 0 Å². The number of nitrogens with two attached hydrogens (primary N) is 1. The van der Waals surface area contributed by atoms with Crippen LogP contribution in [0.2, 0.25) is 0 Å². The Morgan fingerprint density at radius 1 is 1.80 bits per heavy atom. The van der Waals surface area contributed by atoms with Gasteiger partial charge in [-0.25, -0.2) is 0 Å². The molecule has 0 aliphatic carbocycles. The van der Waals surface area contributed by atoms with E-state index >= 15 is 0 Å². The van der Waals surface area contributed by atoms with Gasteiger partial charge in [-0.3, -0.25) is 4.79 Å². The predicted molar refractivity (Wildman–Crippen MR) is 34.9 cm³/mol. The Labute approximate surface area is 60.9 Å². The van der Waals surface area contributed by atoms with Crippen LogP contribution in [0, 0.1) is 0 Å². The maximum absolute atomic E-state index is 10.2. The van der Waals surface area contributed by atoms with Crippen molar-refractivity contribution >= 4 is 17.9 Å². The van der Waals surface area contributed by atoms with Crippen molar-refractivity contribution in [2.45, 2.75) is 0 Å². The van der Waals surface area contributed by atoms with E-state index in [9.17, 15) is 4.79 Å². The van der Waals surface area contributed by atoms with Crippen molar-refractivity contribution in [3.8, 4) is 0 Å². The van der Waals surface area contributed by atoms with Crippen molar-refractivity contribution in [2.75, 3.05) is 5.75 Å². The van der Waals surface area contributed by atoms with Crippen LogP contribution in [0.5, 0.6) is 0 Å². The highest BCUT2D eigenvalue weighted by atomic mass is 32.2. The highest BCUT2D eigenvalue weighted by Crippen LogP contribution is 1.96. The molecule has 1 heterocycles. The average Bonchev–Trinajstić information content (AvgIpc) is 2.34. The molecule has 0 saturated heterocycles. The van der Waals surface area contributed by atoms with Crippen molar-refractivity contribution in [3.05, 3.63) is 6.33 Å². The summed E-state index contributed by atoms with van der Waals surface area (Å²) in [7, 11) is 0. The largest absolute Gasteiger partial charge is 0.369 e. The third kappa shape index (κ3) is 2.02. The van der Waals surface area contributed by atoms with Crippen LogP contribution in [0.15, 0.2) is 6.33 Å². The number of hydrogen-bond donors (Lipinski definition) is 1. The molecule has 0 atom stereocenters. The summed E-state index contributed by atoms with van der Waals surface area (Å²) in [5.74, 6) is -0.238. The van der Waals surface area contributed by atoms with Gasteiger partial charge in [0.05, 0.1) is 5.75 Å². The van der Waals surface area contributed by atoms with E-state index in [1.54, 1.807) is 0 Å². The summed E-state index contributed by atoms with van der Waals surface area (Å²) in [5.41, 5.74) is 4.86. The van der Waals surface area contributed by atoms with Gasteiger partial charge < -0.3 is 5.73 Å². The number of hydrogen-bond acceptors (Lipinski definition) is 5. The molecule has 0 saturated carbocycles. The minimum atomic E-state index is -0.401. The van der Waals surface area contributed by atoms with Gasteiger partial charge in [0, 0.05) is 11.9 Å². The second kappa shape index (κ2) is 3.16. The maximum atomic E-state index is 10.2. The van der Waals surface area contributed by atoms with E-state index < -0.39 is 5.91 Å². The Morgan fingerprint density at radius 2 is 2.60 bits per heavy atom. The second-order valence-electron chi connectivity index (χ2n) is 1.43. The van der Waals surface area contributed by atoms with Crippen LogP contribution < -0.4 is 5.73 Å². The van der Waals surface area contributed by atoms with Crippen molar-refractivity contribution in [3.63, 3.8) is 0 Å². The molecule has 1 aromatic heterocycles. The molecule has 10 heavy (non-hydrogen) atoms. The first kappa shape index (κ1) is 7.00. The van der Waals surface area contributed by atoms with E-state index in [1.807, 2.05) is 0 Å². The number of carbonyl (C=O) groups is 1. The van der Waals surface area contributed by atoms with Crippen molar-refractivity contribution in [1.82, 2.24) is 19.6 Å². The maximum Gasteiger partial charge on any atom is 0.229 e. The molecule has 0 fully saturated rings. The quantitative estimate of drug-likeness (QED) is 0.589. The number of amides is 1. The van der Waals surface area contributed by atoms with Gasteiger partial charge >= 0.3 is 0 Å². The van der Waals surface area contributed by atoms with Crippen LogP contribution in [-0.4, -0.2) is 31.3 Å². The number of nitrogens with zero attached hydrogens (tertiary/aromatic N) is 4. The summed E-state index contributed by atoms with van der Waals surface area (Å²) >= 11 is 1.09. The van der Waals surface area contributed by atoms with Crippen LogP contribution >= 0.6 is 11.9 Å². The zero-order valence-electron chi connectivity index (χ0n) is 4.97. The van der Waals surface area contributed by atoms with E-state index in [0.717, 1.165) is 11.9 Å². The van der Waals surface area contributed by atoms with Gasteiger partial charge in [-0.1, -0.05) is 0 Å². The summed E-state index contributed by atoms with van der Waals surface area (Å²) in [4.78, 5) is 10.2. The second-order valence-corrected chi connectivity index (χ2v) is 2.30. The zero-order valence-corrected chi connectivity index (χ0v) is 5.78. The summed E-state index contributed by atoms with van der Waals surface area (Å²) in [6.45, 7) is 0. The van der Waals surface area contributed by atoms with Crippen LogP contribution in [-0.2, 0) is 4.79 Å². The highest BCUT2D eigenvalue weighted by Gasteiger charge is 1.96. The minimum Gasteiger partial charge on any atom is -0.369 e. The lowest BCUT2D eigenvalue weighted by molar-refractivity contribution is -0.115. The molecule has 0 bridgehead atoms. The molecule has 0 spiro atoms. The molecule has 1 amide bonds. The molecule has 1 aromatic rings. The van der Waals surface area contributed by atoms with E-state index in [2.05, 4.69) is 15.4 Å². The third-order valence-corrected chi connectivity index (χ3v) is 1.46. The first-order valence-corrected chi connectivity index (χ1v) is 3.38. The molecule has 2 N–H and O–H groups in total. The molecule has 7 heteroatoms. The summed E-state index contributed by atoms with van der Waals surface area (Å²) in [6, 6.07) is 0. The number of carbonyl (C=O) groups excluding carboxylic acids is 1. The van der Waals surface area contributed by atoms with Crippen LogP contribution in [0.3, 0.4) is 0 Å². The van der Waals surface area contributed by atoms with Crippen molar-refractivity contribution in [2.24, 2.45) is 5.73 Å². The summed E-state index contributed by atoms with van der Waals surface area (Å²) in [6.07, 6.45) is 1.29. The van der Waals surface area contributed by atoms with Crippen LogP contribution in [0.25, 0.3) is 0 Å². The Morgan fingerprint density at radius 3 is 3.10 bits per heavy atom. The first-order valence-electron chi connectivity index (χ1n) is 2.43. The lowest BCUT2D eigenvalue weighted by Crippen LogP contribution is -2.14. The van der Waals surface area contributed by atoms with Gasteiger partial charge in [-0.15, -0.1) is 14.4 Å². The van der Waals surface area contributed by atoms with E-state index in [4.69, 9.17) is 5.73 Å². The van der Waals surface area contributed by atoms with Gasteiger partial charge in [0.15, 0.2) is 6.33 Å². The fraction of sp³-hybridized carbons (Fsp3) is 0.333. The molecule has 0 aliphatic rings. The average molecular weight is 159 g/mol. The molecule has 6 nitrogen and oxygen atoms in total. The number of rotatable bonds is 3. The van der Waals surface area contributed by atoms with Crippen molar-refractivity contribution in [1.29, 1.82) is 0 Å². The molecule has 1 rings (SSSR count). The van der Waals surface area contributed by atoms with Gasteiger partial charge in [0.2, 0.25) is 5.91 Å². The zero-order chi connectivity index (χ0) is 7.40. The van der Waals surface area contributed by atoms with Gasteiger partial charge in [0.1, 0.15) is 0 Å². The first-order chi connectivity index (χ1) is 4.79. The predicted octanol–water partition coefficient (Wildman–Crippen LogP) is -1.35. The van der Waals surface area contributed by atoms with Crippen LogP contribution in [0.1, 0.15) is 0 Å². The molecule has 54 valence electrons. The topological polar surface area (TPSA) is 86.7 Å². The third-order valence-electron chi connectivity index (χ3n) is 0.652. The Bertz CT molecular complexity index is 209. The monoisotopic (exact) mass is 159 g/mol. The summed E-state index contributed by atoms with van der Waals surface area (Å²) < 4.78 is 1.23. The number of aromatic nitrogens is 4. The molecule has 0 aliphatic heterocycles. The lowest BCUT2D eigenvalue weighted by Gasteiger charge is -1.90. The standard InChI is InChI=1S/C3H5N5OS/c4-3(9)1-10-8-6-2-5-7-8/h2H,1H2,(H2,4,9). The summed E-state index contributed by atoms with van der Waals surface area (Å²) in [5, 5.41) is 10.6. The molecular weight excluding hydrogens is 154 g/mol. The fourth-order valence-corrected chi connectivity index (χ4v) is 0.783. The normalized spacial score (nSPS) is 9.60. The Kier molecular flexibility index (Phi) is 2.21. The Balaban J connectivity index is 2.35. The number of tetrazole rings is 1. The molecule has 0 unspecified atom stereocenters. The molecular formula is C3H5N5OS. The minimum absolute atomic E-state index is 0.163. The van der Waals surface area contributed by atoms with E-state index in [1.165, 1.54) is 10.5 Å². The molecule has 0 aromatic carbocycles. The van der Waals surface area contributed by atoms with E-state index in [-0.39, 0.29) is 5.75 Å². The van der Waals surface area contributed by atoms with Crippen LogP contribution in [0.4, 0.5) is 0 Å². The SMILES string of the molecule is NC(=O)CSn1ncnn1. The number of primary amides is 1. The smallest absolute Gasteiger partial charge is 0.229 e. The Hall–Kier alpha value is -1.11. The van der Waals surface area contributed by atoms with Crippen molar-refractivity contribution < 1.29 is 4.79 Å². The van der Waals surface area contributed by atoms with E-state index in [0.29, 0.717) is 0 Å². The lowest BCUT2D eigenvalue weighted by atomic mass is 10.8. The highest BCUT2D eigenvalue weighted by molar-refractivity contribution is 7.98. The fourth-order valence-electron chi connectivity index (χ4n) is 0.338. The van der Waals surface area contributed by atoms with Gasteiger partial charge in [-0.05, 0) is 5.21 Å². The van der Waals surface area contributed by atoms with Gasteiger partial charge in [0.25, 0.3) is 0 Å². The molecule has 0 radical (unpaired) electrons.